The number of halogens is 3. The molecule has 2 amide bonds. The van der Waals surface area contributed by atoms with E-state index in [0.717, 1.165) is 22.2 Å². The zero-order valence-electron chi connectivity index (χ0n) is 17.7. The highest BCUT2D eigenvalue weighted by Gasteiger charge is 2.34. The second-order valence-corrected chi connectivity index (χ2v) is 9.08. The molecule has 0 aliphatic carbocycles. The molecule has 0 unspecified atom stereocenters. The van der Waals surface area contributed by atoms with Crippen molar-refractivity contribution in [1.29, 1.82) is 0 Å². The number of hydrogen-bond donors (Lipinski definition) is 0. The molecule has 0 saturated carbocycles. The maximum atomic E-state index is 13.0. The standard InChI is InChI=1S/C25H18Cl2FNO4S/c26-18-4-1-16(2-5-18)15-33-22-10-3-17(13-21(22)27)14-23-24(30)29(25(31)34-23)11-12-32-20-8-6-19(28)7-9-20/h1-10,13-14H,11-12,15H2/b23-14-. The van der Waals surface area contributed by atoms with Gasteiger partial charge in [-0.3, -0.25) is 14.5 Å². The van der Waals surface area contributed by atoms with Crippen molar-refractivity contribution in [3.05, 3.63) is 98.6 Å². The lowest BCUT2D eigenvalue weighted by Crippen LogP contribution is -2.32. The molecule has 1 heterocycles. The minimum absolute atomic E-state index is 0.0810. The van der Waals surface area contributed by atoms with Gasteiger partial charge in [-0.25, -0.2) is 4.39 Å². The van der Waals surface area contributed by atoms with Crippen LogP contribution < -0.4 is 9.47 Å². The monoisotopic (exact) mass is 517 g/mol. The first kappa shape index (κ1) is 24.1. The molecule has 3 aromatic rings. The van der Waals surface area contributed by atoms with Gasteiger partial charge in [0.15, 0.2) is 0 Å². The second kappa shape index (κ2) is 11.0. The van der Waals surface area contributed by atoms with E-state index in [2.05, 4.69) is 0 Å². The molecular weight excluding hydrogens is 500 g/mol. The van der Waals surface area contributed by atoms with Gasteiger partial charge < -0.3 is 9.47 Å². The number of carbonyl (C=O) groups is 2. The van der Waals surface area contributed by atoms with E-state index < -0.39 is 5.91 Å². The van der Waals surface area contributed by atoms with E-state index in [1.54, 1.807) is 36.4 Å². The summed E-state index contributed by atoms with van der Waals surface area (Å²) in [5.41, 5.74) is 1.61. The Labute approximate surface area is 210 Å². The molecule has 1 fully saturated rings. The van der Waals surface area contributed by atoms with Crippen molar-refractivity contribution < 1.29 is 23.5 Å². The average molecular weight is 518 g/mol. The van der Waals surface area contributed by atoms with Crippen LogP contribution in [0.1, 0.15) is 11.1 Å². The molecule has 1 aliphatic heterocycles. The predicted octanol–water partition coefficient (Wildman–Crippen LogP) is 6.83. The number of imide groups is 1. The van der Waals surface area contributed by atoms with E-state index in [1.807, 2.05) is 12.1 Å². The minimum Gasteiger partial charge on any atom is -0.492 e. The van der Waals surface area contributed by atoms with Gasteiger partial charge in [-0.2, -0.15) is 0 Å². The fourth-order valence-electron chi connectivity index (χ4n) is 3.10. The predicted molar refractivity (Wildman–Crippen MR) is 132 cm³/mol. The normalized spacial score (nSPS) is 14.7. The summed E-state index contributed by atoms with van der Waals surface area (Å²) in [4.78, 5) is 26.4. The van der Waals surface area contributed by atoms with Crippen LogP contribution in [-0.2, 0) is 11.4 Å². The lowest BCUT2D eigenvalue weighted by Gasteiger charge is -2.13. The first-order valence-electron chi connectivity index (χ1n) is 10.2. The molecule has 0 radical (unpaired) electrons. The number of hydrogen-bond acceptors (Lipinski definition) is 5. The Balaban J connectivity index is 1.35. The van der Waals surface area contributed by atoms with Crippen LogP contribution in [0.25, 0.3) is 6.08 Å². The SMILES string of the molecule is O=C1S/C(=C\c2ccc(OCc3ccc(Cl)cc3)c(Cl)c2)C(=O)N1CCOc1ccc(F)cc1. The van der Waals surface area contributed by atoms with Crippen molar-refractivity contribution in [3.63, 3.8) is 0 Å². The Bertz CT molecular complexity index is 1230. The second-order valence-electron chi connectivity index (χ2n) is 7.24. The van der Waals surface area contributed by atoms with Gasteiger partial charge in [0.05, 0.1) is 16.5 Å². The van der Waals surface area contributed by atoms with Crippen LogP contribution in [0.5, 0.6) is 11.5 Å². The van der Waals surface area contributed by atoms with E-state index in [1.165, 1.54) is 24.3 Å². The van der Waals surface area contributed by atoms with E-state index in [0.29, 0.717) is 33.7 Å². The maximum absolute atomic E-state index is 13.0. The van der Waals surface area contributed by atoms with E-state index in [-0.39, 0.29) is 29.1 Å². The third-order valence-electron chi connectivity index (χ3n) is 4.83. The van der Waals surface area contributed by atoms with Gasteiger partial charge in [0.1, 0.15) is 30.5 Å². The van der Waals surface area contributed by atoms with Crippen LogP contribution in [0.2, 0.25) is 10.0 Å². The molecule has 0 atom stereocenters. The van der Waals surface area contributed by atoms with Crippen molar-refractivity contribution >= 4 is 52.2 Å². The van der Waals surface area contributed by atoms with Gasteiger partial charge in [0.2, 0.25) is 0 Å². The summed E-state index contributed by atoms with van der Waals surface area (Å²) in [6, 6.07) is 18.0. The third-order valence-corrected chi connectivity index (χ3v) is 6.29. The van der Waals surface area contributed by atoms with Crippen LogP contribution >= 0.6 is 35.0 Å². The topological polar surface area (TPSA) is 55.8 Å². The highest BCUT2D eigenvalue weighted by atomic mass is 35.5. The van der Waals surface area contributed by atoms with Crippen molar-refractivity contribution in [2.45, 2.75) is 6.61 Å². The first-order chi connectivity index (χ1) is 16.4. The third kappa shape index (κ3) is 6.11. The Morgan fingerprint density at radius 1 is 0.941 bits per heavy atom. The van der Waals surface area contributed by atoms with E-state index in [4.69, 9.17) is 32.7 Å². The minimum atomic E-state index is -0.406. The number of thioether (sulfide) groups is 1. The number of nitrogens with zero attached hydrogens (tertiary/aromatic N) is 1. The van der Waals surface area contributed by atoms with Crippen LogP contribution in [0.15, 0.2) is 71.6 Å². The highest BCUT2D eigenvalue weighted by Crippen LogP contribution is 2.34. The molecular formula is C25H18Cl2FNO4S. The molecule has 0 aromatic heterocycles. The molecule has 1 saturated heterocycles. The number of benzene rings is 3. The number of carbonyl (C=O) groups excluding carboxylic acids is 2. The Kier molecular flexibility index (Phi) is 7.77. The summed E-state index contributed by atoms with van der Waals surface area (Å²) in [6.45, 7) is 0.509. The number of amides is 2. The summed E-state index contributed by atoms with van der Waals surface area (Å²) in [6.07, 6.45) is 1.61. The van der Waals surface area contributed by atoms with Crippen LogP contribution in [0.3, 0.4) is 0 Å². The van der Waals surface area contributed by atoms with Crippen molar-refractivity contribution in [2.75, 3.05) is 13.2 Å². The van der Waals surface area contributed by atoms with E-state index in [9.17, 15) is 14.0 Å². The summed E-state index contributed by atoms with van der Waals surface area (Å²) in [5.74, 6) is 0.179. The van der Waals surface area contributed by atoms with Gasteiger partial charge in [-0.1, -0.05) is 41.4 Å². The molecule has 9 heteroatoms. The van der Waals surface area contributed by atoms with E-state index >= 15 is 0 Å². The smallest absolute Gasteiger partial charge is 0.293 e. The largest absolute Gasteiger partial charge is 0.492 e. The summed E-state index contributed by atoms with van der Waals surface area (Å²) < 4.78 is 24.2. The Hall–Kier alpha value is -3.00. The summed E-state index contributed by atoms with van der Waals surface area (Å²) >= 11 is 13.1. The Morgan fingerprint density at radius 2 is 1.68 bits per heavy atom. The molecule has 34 heavy (non-hydrogen) atoms. The molecule has 1 aliphatic rings. The fourth-order valence-corrected chi connectivity index (χ4v) is 4.33. The van der Waals surface area contributed by atoms with Crippen LogP contribution in [-0.4, -0.2) is 29.2 Å². The zero-order chi connectivity index (χ0) is 24.1. The molecule has 0 bridgehead atoms. The zero-order valence-corrected chi connectivity index (χ0v) is 20.0. The molecule has 3 aromatic carbocycles. The Morgan fingerprint density at radius 3 is 2.38 bits per heavy atom. The molecule has 5 nitrogen and oxygen atoms in total. The quantitative estimate of drug-likeness (QED) is 0.306. The maximum Gasteiger partial charge on any atom is 0.293 e. The molecule has 4 rings (SSSR count). The van der Waals surface area contributed by atoms with Crippen LogP contribution in [0.4, 0.5) is 9.18 Å². The van der Waals surface area contributed by atoms with Crippen molar-refractivity contribution in [2.24, 2.45) is 0 Å². The highest BCUT2D eigenvalue weighted by molar-refractivity contribution is 8.18. The van der Waals surface area contributed by atoms with Crippen molar-refractivity contribution in [1.82, 2.24) is 4.90 Å². The number of rotatable bonds is 8. The van der Waals surface area contributed by atoms with Gasteiger partial charge in [0, 0.05) is 5.02 Å². The first-order valence-corrected chi connectivity index (χ1v) is 11.8. The number of ether oxygens (including phenoxy) is 2. The summed E-state index contributed by atoms with van der Waals surface area (Å²) in [7, 11) is 0. The lowest BCUT2D eigenvalue weighted by molar-refractivity contribution is -0.123. The van der Waals surface area contributed by atoms with Gasteiger partial charge in [0.25, 0.3) is 11.1 Å². The average Bonchev–Trinajstić information content (AvgIpc) is 3.08. The fraction of sp³-hybridized carbons (Fsp3) is 0.120. The van der Waals surface area contributed by atoms with Gasteiger partial charge in [-0.15, -0.1) is 0 Å². The van der Waals surface area contributed by atoms with Gasteiger partial charge in [-0.05, 0) is 77.5 Å². The van der Waals surface area contributed by atoms with Gasteiger partial charge >= 0.3 is 0 Å². The van der Waals surface area contributed by atoms with Crippen molar-refractivity contribution in [3.8, 4) is 11.5 Å². The molecule has 0 N–H and O–H groups in total. The molecule has 0 spiro atoms. The molecule has 174 valence electrons. The lowest BCUT2D eigenvalue weighted by atomic mass is 10.2. The van der Waals surface area contributed by atoms with Crippen LogP contribution in [0, 0.1) is 5.82 Å². The summed E-state index contributed by atoms with van der Waals surface area (Å²) in [5, 5.41) is 0.651.